The van der Waals surface area contributed by atoms with Crippen LogP contribution in [0.3, 0.4) is 0 Å². The molecule has 150 valence electrons. The molecule has 0 saturated carbocycles. The van der Waals surface area contributed by atoms with E-state index >= 15 is 0 Å². The van der Waals surface area contributed by atoms with Crippen molar-refractivity contribution in [3.63, 3.8) is 0 Å². The van der Waals surface area contributed by atoms with Crippen molar-refractivity contribution in [2.45, 2.75) is 39.7 Å². The highest BCUT2D eigenvalue weighted by Gasteiger charge is 2.28. The number of benzene rings is 2. The van der Waals surface area contributed by atoms with Gasteiger partial charge in [-0.2, -0.15) is 4.57 Å². The van der Waals surface area contributed by atoms with Gasteiger partial charge in [0.05, 0.1) is 0 Å². The van der Waals surface area contributed by atoms with Gasteiger partial charge in [-0.1, -0.05) is 48.0 Å². The minimum Gasteiger partial charge on any atom is -1.00 e. The van der Waals surface area contributed by atoms with E-state index in [9.17, 15) is 4.79 Å². The molecule has 1 unspecified atom stereocenters. The van der Waals surface area contributed by atoms with Crippen molar-refractivity contribution in [2.24, 2.45) is 5.92 Å². The molecule has 1 heterocycles. The van der Waals surface area contributed by atoms with Crippen LogP contribution < -0.4 is 21.5 Å². The number of carbonyl (C=O) groups is 1. The first-order valence-corrected chi connectivity index (χ1v) is 10.2. The molecule has 0 saturated heterocycles. The number of ketones is 1. The summed E-state index contributed by atoms with van der Waals surface area (Å²) in [7, 11) is 0. The summed E-state index contributed by atoms with van der Waals surface area (Å²) >= 11 is 6.58. The largest absolute Gasteiger partial charge is 1.00 e. The van der Waals surface area contributed by atoms with E-state index in [1.165, 1.54) is 22.3 Å². The number of rotatable bonds is 4. The number of nitrogens with zero attached hydrogens (tertiary/aromatic N) is 1. The van der Waals surface area contributed by atoms with E-state index in [0.717, 1.165) is 35.5 Å². The first-order valence-electron chi connectivity index (χ1n) is 9.87. The lowest BCUT2D eigenvalue weighted by molar-refractivity contribution is -0.688. The molecule has 2 aromatic carbocycles. The molecule has 0 bridgehead atoms. The molecular formula is C25H25BrClNO. The van der Waals surface area contributed by atoms with Gasteiger partial charge in [-0.25, -0.2) is 0 Å². The van der Waals surface area contributed by atoms with Crippen LogP contribution in [-0.4, -0.2) is 5.78 Å². The lowest BCUT2D eigenvalue weighted by Crippen LogP contribution is -3.00. The second kappa shape index (κ2) is 9.23. The van der Waals surface area contributed by atoms with Gasteiger partial charge >= 0.3 is 0 Å². The number of pyridine rings is 1. The Morgan fingerprint density at radius 2 is 1.79 bits per heavy atom. The Kier molecular flexibility index (Phi) is 6.92. The summed E-state index contributed by atoms with van der Waals surface area (Å²) in [6.45, 7) is 4.97. The zero-order valence-corrected chi connectivity index (χ0v) is 19.1. The first kappa shape index (κ1) is 21.7. The van der Waals surface area contributed by atoms with Crippen LogP contribution >= 0.6 is 11.6 Å². The van der Waals surface area contributed by atoms with Crippen molar-refractivity contribution in [1.82, 2.24) is 0 Å². The van der Waals surface area contributed by atoms with Crippen LogP contribution in [0.4, 0.5) is 0 Å². The molecule has 0 spiro atoms. The normalized spacial score (nSPS) is 15.6. The van der Waals surface area contributed by atoms with E-state index < -0.39 is 0 Å². The zero-order chi connectivity index (χ0) is 19.7. The number of fused-ring (bicyclic) bond motifs is 1. The van der Waals surface area contributed by atoms with Crippen LogP contribution in [0.15, 0.2) is 60.9 Å². The fourth-order valence-corrected chi connectivity index (χ4v) is 4.31. The molecule has 3 aromatic rings. The van der Waals surface area contributed by atoms with Crippen LogP contribution in [0.1, 0.15) is 44.6 Å². The summed E-state index contributed by atoms with van der Waals surface area (Å²) in [6, 6.07) is 16.6. The fourth-order valence-electron chi connectivity index (χ4n) is 4.05. The average molecular weight is 471 g/mol. The molecule has 1 atom stereocenters. The average Bonchev–Trinajstić information content (AvgIpc) is 2.68. The molecule has 0 amide bonds. The van der Waals surface area contributed by atoms with Crippen molar-refractivity contribution >= 4 is 17.4 Å². The van der Waals surface area contributed by atoms with Gasteiger partial charge in [-0.05, 0) is 61.4 Å². The van der Waals surface area contributed by atoms with Gasteiger partial charge in [0.25, 0.3) is 0 Å². The predicted octanol–water partition coefficient (Wildman–Crippen LogP) is 2.28. The van der Waals surface area contributed by atoms with E-state index in [0.29, 0.717) is 6.42 Å². The SMILES string of the molecule is Cc1cc2c(cc1C)C(=O)C(Cc1cc[n+](Cc3ccccc3)cc1Cl)CC2.[Br-]. The second-order valence-electron chi connectivity index (χ2n) is 7.87. The summed E-state index contributed by atoms with van der Waals surface area (Å²) < 4.78 is 2.09. The summed E-state index contributed by atoms with van der Waals surface area (Å²) in [5.41, 5.74) is 6.85. The molecule has 4 heteroatoms. The highest BCUT2D eigenvalue weighted by molar-refractivity contribution is 6.31. The van der Waals surface area contributed by atoms with Crippen LogP contribution in [-0.2, 0) is 19.4 Å². The standard InChI is InChI=1S/C25H25ClNO.BrH/c1-17-12-20-8-9-22(25(28)23(20)13-18(17)2)14-21-10-11-27(16-24(21)26)15-19-6-4-3-5-7-19;/h3-7,10-13,16,22H,8-9,14-15H2,1-2H3;1H/q+1;/p-1. The third kappa shape index (κ3) is 4.79. The smallest absolute Gasteiger partial charge is 0.188 e. The van der Waals surface area contributed by atoms with Crippen molar-refractivity contribution in [1.29, 1.82) is 0 Å². The van der Waals surface area contributed by atoms with Crippen molar-refractivity contribution in [3.8, 4) is 0 Å². The van der Waals surface area contributed by atoms with Gasteiger partial charge in [-0.3, -0.25) is 4.79 Å². The molecule has 0 fully saturated rings. The lowest BCUT2D eigenvalue weighted by atomic mass is 9.78. The minimum atomic E-state index is 0. The van der Waals surface area contributed by atoms with Crippen LogP contribution in [0.5, 0.6) is 0 Å². The number of aryl methyl sites for hydroxylation is 3. The Labute approximate surface area is 188 Å². The van der Waals surface area contributed by atoms with Crippen molar-refractivity contribution < 1.29 is 26.3 Å². The van der Waals surface area contributed by atoms with E-state index in [-0.39, 0.29) is 28.7 Å². The van der Waals surface area contributed by atoms with E-state index in [4.69, 9.17) is 11.6 Å². The maximum Gasteiger partial charge on any atom is 0.188 e. The van der Waals surface area contributed by atoms with Crippen LogP contribution in [0.2, 0.25) is 5.02 Å². The Balaban J connectivity index is 0.00000240. The third-order valence-electron chi connectivity index (χ3n) is 5.85. The van der Waals surface area contributed by atoms with Crippen LogP contribution in [0, 0.1) is 19.8 Å². The summed E-state index contributed by atoms with van der Waals surface area (Å²) in [4.78, 5) is 13.1. The monoisotopic (exact) mass is 469 g/mol. The summed E-state index contributed by atoms with van der Waals surface area (Å²) in [6.07, 6.45) is 6.59. The van der Waals surface area contributed by atoms with Crippen molar-refractivity contribution in [2.75, 3.05) is 0 Å². The molecule has 0 radical (unpaired) electrons. The number of halogens is 2. The lowest BCUT2D eigenvalue weighted by Gasteiger charge is -2.24. The molecule has 2 nitrogen and oxygen atoms in total. The van der Waals surface area contributed by atoms with E-state index in [1.807, 2.05) is 24.4 Å². The van der Waals surface area contributed by atoms with E-state index in [2.05, 4.69) is 54.9 Å². The third-order valence-corrected chi connectivity index (χ3v) is 6.19. The molecule has 1 aromatic heterocycles. The topological polar surface area (TPSA) is 20.9 Å². The molecule has 29 heavy (non-hydrogen) atoms. The highest BCUT2D eigenvalue weighted by atomic mass is 79.9. The van der Waals surface area contributed by atoms with Gasteiger partial charge < -0.3 is 17.0 Å². The van der Waals surface area contributed by atoms with Gasteiger partial charge in [-0.15, -0.1) is 0 Å². The van der Waals surface area contributed by atoms with E-state index in [1.54, 1.807) is 0 Å². The van der Waals surface area contributed by atoms with Gasteiger partial charge in [0.15, 0.2) is 24.7 Å². The number of hydrogen-bond acceptors (Lipinski definition) is 1. The number of carbonyl (C=O) groups excluding carboxylic acids is 1. The molecule has 0 aliphatic heterocycles. The molecule has 0 N–H and O–H groups in total. The Bertz CT molecular complexity index is 1030. The first-order chi connectivity index (χ1) is 13.5. The number of hydrogen-bond donors (Lipinski definition) is 0. The second-order valence-corrected chi connectivity index (χ2v) is 8.28. The van der Waals surface area contributed by atoms with Crippen LogP contribution in [0.25, 0.3) is 0 Å². The predicted molar refractivity (Wildman–Crippen MR) is 113 cm³/mol. The minimum absolute atomic E-state index is 0. The quantitative estimate of drug-likeness (QED) is 0.536. The highest BCUT2D eigenvalue weighted by Crippen LogP contribution is 2.31. The van der Waals surface area contributed by atoms with Gasteiger partial charge in [0.2, 0.25) is 0 Å². The maximum absolute atomic E-state index is 13.1. The number of aromatic nitrogens is 1. The Hall–Kier alpha value is -1.97. The maximum atomic E-state index is 13.1. The Morgan fingerprint density at radius 1 is 1.07 bits per heavy atom. The number of Topliss-reactive ketones (excluding diaryl/α,β-unsaturated/α-hetero) is 1. The van der Waals surface area contributed by atoms with Crippen molar-refractivity contribution in [3.05, 3.63) is 99.3 Å². The molecule has 1 aliphatic rings. The molecular weight excluding hydrogens is 446 g/mol. The molecule has 1 aliphatic carbocycles. The van der Waals surface area contributed by atoms with Gasteiger partial charge in [0, 0.05) is 23.1 Å². The fraction of sp³-hybridized carbons (Fsp3) is 0.280. The zero-order valence-electron chi connectivity index (χ0n) is 16.8. The molecule has 4 rings (SSSR count). The Morgan fingerprint density at radius 3 is 2.52 bits per heavy atom. The summed E-state index contributed by atoms with van der Waals surface area (Å²) in [5, 5.41) is 0.733. The summed E-state index contributed by atoms with van der Waals surface area (Å²) in [5.74, 6) is 0.276. The van der Waals surface area contributed by atoms with Gasteiger partial charge in [0.1, 0.15) is 5.02 Å².